The van der Waals surface area contributed by atoms with Gasteiger partial charge in [0.25, 0.3) is 0 Å². The van der Waals surface area contributed by atoms with Crippen molar-refractivity contribution >= 4 is 17.7 Å². The molecule has 0 spiro atoms. The second-order valence-corrected chi connectivity index (χ2v) is 8.80. The molecule has 5 nitrogen and oxygen atoms in total. The van der Waals surface area contributed by atoms with Crippen LogP contribution in [0.5, 0.6) is 5.75 Å². The summed E-state index contributed by atoms with van der Waals surface area (Å²) in [7, 11) is 0. The van der Waals surface area contributed by atoms with Crippen LogP contribution in [0.3, 0.4) is 0 Å². The Kier molecular flexibility index (Phi) is 5.33. The first kappa shape index (κ1) is 19.5. The first-order chi connectivity index (χ1) is 12.7. The minimum Gasteiger partial charge on any atom is -0.490 e. The number of rotatable bonds is 6. The van der Waals surface area contributed by atoms with E-state index >= 15 is 0 Å². The second-order valence-electron chi connectivity index (χ2n) is 8.36. The monoisotopic (exact) mass is 388 g/mol. The lowest BCUT2D eigenvalue weighted by molar-refractivity contribution is 0.0719. The minimum absolute atomic E-state index is 0.107. The largest absolute Gasteiger partial charge is 0.490 e. The average Bonchev–Trinajstić information content (AvgIpc) is 3.39. The number of ether oxygens (including phenoxy) is 1. The predicted molar refractivity (Wildman–Crippen MR) is 106 cm³/mol. The second kappa shape index (κ2) is 7.39. The third kappa shape index (κ3) is 4.92. The first-order valence-corrected chi connectivity index (χ1v) is 9.41. The van der Waals surface area contributed by atoms with Gasteiger partial charge in [-0.1, -0.05) is 44.5 Å². The zero-order chi connectivity index (χ0) is 19.7. The molecule has 1 N–H and O–H groups in total. The van der Waals surface area contributed by atoms with Gasteiger partial charge in [0.2, 0.25) is 0 Å². The van der Waals surface area contributed by atoms with E-state index in [4.69, 9.17) is 16.3 Å². The summed E-state index contributed by atoms with van der Waals surface area (Å²) in [5.41, 5.74) is 1.39. The van der Waals surface area contributed by atoms with Crippen molar-refractivity contribution in [1.29, 1.82) is 0 Å². The lowest BCUT2D eigenvalue weighted by Crippen LogP contribution is -2.48. The van der Waals surface area contributed by atoms with Crippen LogP contribution >= 0.6 is 11.6 Å². The van der Waals surface area contributed by atoms with Crippen molar-refractivity contribution in [3.63, 3.8) is 0 Å². The number of benzene rings is 1. The highest BCUT2D eigenvalue weighted by Crippen LogP contribution is 2.43. The van der Waals surface area contributed by atoms with Gasteiger partial charge >= 0.3 is 6.09 Å². The molecule has 0 bridgehead atoms. The molecule has 0 saturated heterocycles. The summed E-state index contributed by atoms with van der Waals surface area (Å²) in [5, 5.41) is 10.4. The van der Waals surface area contributed by atoms with Crippen LogP contribution in [0.4, 0.5) is 4.79 Å². The van der Waals surface area contributed by atoms with E-state index in [0.717, 1.165) is 24.0 Å². The third-order valence-electron chi connectivity index (χ3n) is 4.66. The van der Waals surface area contributed by atoms with Crippen molar-refractivity contribution in [3.8, 4) is 16.9 Å². The molecule has 1 aromatic heterocycles. The number of halogens is 1. The van der Waals surface area contributed by atoms with Gasteiger partial charge < -0.3 is 9.84 Å². The summed E-state index contributed by atoms with van der Waals surface area (Å²) in [4.78, 5) is 17.6. The molecule has 6 heteroatoms. The number of hydrogen-bond donors (Lipinski definition) is 1. The maximum atomic E-state index is 11.8. The van der Waals surface area contributed by atoms with Crippen LogP contribution in [0.25, 0.3) is 11.1 Å². The van der Waals surface area contributed by atoms with Crippen molar-refractivity contribution in [2.75, 3.05) is 13.2 Å². The van der Waals surface area contributed by atoms with Gasteiger partial charge in [0, 0.05) is 23.3 Å². The molecule has 1 aromatic carbocycles. The summed E-state index contributed by atoms with van der Waals surface area (Å²) in [6.45, 7) is 6.94. The van der Waals surface area contributed by atoms with Gasteiger partial charge in [-0.05, 0) is 42.0 Å². The summed E-state index contributed by atoms with van der Waals surface area (Å²) in [6.07, 6.45) is 4.18. The number of amides is 1. The highest BCUT2D eigenvalue weighted by Gasteiger charge is 2.52. The van der Waals surface area contributed by atoms with Crippen LogP contribution in [0.1, 0.15) is 33.6 Å². The molecule has 1 saturated carbocycles. The summed E-state index contributed by atoms with van der Waals surface area (Å²) in [5.74, 6) is 0.634. The van der Waals surface area contributed by atoms with E-state index in [0.29, 0.717) is 23.9 Å². The van der Waals surface area contributed by atoms with Gasteiger partial charge in [-0.25, -0.2) is 4.79 Å². The Bertz CT molecular complexity index is 811. The predicted octanol–water partition coefficient (Wildman–Crippen LogP) is 5.34. The number of nitrogens with zero attached hydrogens (tertiary/aromatic N) is 2. The molecule has 0 atom stereocenters. The fourth-order valence-corrected chi connectivity index (χ4v) is 3.19. The third-order valence-corrected chi connectivity index (χ3v) is 4.91. The van der Waals surface area contributed by atoms with Crippen molar-refractivity contribution in [1.82, 2.24) is 9.88 Å². The standard InChI is InChI=1S/C21H25ClN2O3/c1-20(2,3)13-24(19(25)26)21(8-9-21)14-27-18-10-16(11-23-12-18)15-4-6-17(22)7-5-15/h4-7,10-12H,8-9,13-14H2,1-3H3,(H,25,26). The van der Waals surface area contributed by atoms with Crippen LogP contribution in [0, 0.1) is 5.41 Å². The molecule has 1 amide bonds. The highest BCUT2D eigenvalue weighted by molar-refractivity contribution is 6.30. The molecule has 27 heavy (non-hydrogen) atoms. The number of pyridine rings is 1. The Labute approximate surface area is 164 Å². The molecular weight excluding hydrogens is 364 g/mol. The van der Waals surface area contributed by atoms with Gasteiger partial charge in [0.15, 0.2) is 0 Å². The van der Waals surface area contributed by atoms with Crippen LogP contribution in [-0.4, -0.2) is 39.8 Å². The van der Waals surface area contributed by atoms with Crippen LogP contribution in [0.2, 0.25) is 5.02 Å². The normalized spacial score (nSPS) is 15.3. The first-order valence-electron chi connectivity index (χ1n) is 9.03. The van der Waals surface area contributed by atoms with Crippen LogP contribution in [-0.2, 0) is 0 Å². The Morgan fingerprint density at radius 1 is 1.22 bits per heavy atom. The number of carboxylic acid groups (broad SMARTS) is 1. The molecule has 144 valence electrons. The number of hydrogen-bond acceptors (Lipinski definition) is 3. The quantitative estimate of drug-likeness (QED) is 0.725. The van der Waals surface area contributed by atoms with Crippen molar-refractivity contribution in [2.45, 2.75) is 39.2 Å². The molecule has 1 aliphatic rings. The topological polar surface area (TPSA) is 62.7 Å². The van der Waals surface area contributed by atoms with Crippen LogP contribution in [0.15, 0.2) is 42.7 Å². The van der Waals surface area contributed by atoms with E-state index in [-0.39, 0.29) is 5.41 Å². The Morgan fingerprint density at radius 3 is 2.44 bits per heavy atom. The van der Waals surface area contributed by atoms with Gasteiger partial charge in [-0.3, -0.25) is 9.88 Å². The summed E-state index contributed by atoms with van der Waals surface area (Å²) < 4.78 is 5.97. The maximum absolute atomic E-state index is 11.8. The molecule has 3 rings (SSSR count). The van der Waals surface area contributed by atoms with Crippen molar-refractivity contribution in [3.05, 3.63) is 47.7 Å². The molecule has 1 fully saturated rings. The van der Waals surface area contributed by atoms with Gasteiger partial charge in [0.05, 0.1) is 11.7 Å². The van der Waals surface area contributed by atoms with E-state index in [9.17, 15) is 9.90 Å². The van der Waals surface area contributed by atoms with Gasteiger partial charge in [-0.2, -0.15) is 0 Å². The zero-order valence-electron chi connectivity index (χ0n) is 15.9. The summed E-state index contributed by atoms with van der Waals surface area (Å²) >= 11 is 5.95. The fraction of sp³-hybridized carbons (Fsp3) is 0.429. The lowest BCUT2D eigenvalue weighted by Gasteiger charge is -2.34. The van der Waals surface area contributed by atoms with Gasteiger partial charge in [-0.15, -0.1) is 0 Å². The molecule has 0 radical (unpaired) electrons. The molecule has 2 aromatic rings. The van der Waals surface area contributed by atoms with Crippen molar-refractivity contribution < 1.29 is 14.6 Å². The van der Waals surface area contributed by atoms with Gasteiger partial charge in [0.1, 0.15) is 12.4 Å². The molecule has 0 aliphatic heterocycles. The molecule has 1 aliphatic carbocycles. The molecule has 1 heterocycles. The fourth-order valence-electron chi connectivity index (χ4n) is 3.06. The Balaban J connectivity index is 1.72. The SMILES string of the molecule is CC(C)(C)CN(C(=O)O)C1(COc2cncc(-c3ccc(Cl)cc3)c2)CC1. The Morgan fingerprint density at radius 2 is 1.89 bits per heavy atom. The van der Waals surface area contributed by atoms with E-state index in [1.165, 1.54) is 0 Å². The smallest absolute Gasteiger partial charge is 0.407 e. The highest BCUT2D eigenvalue weighted by atomic mass is 35.5. The van der Waals surface area contributed by atoms with E-state index in [1.54, 1.807) is 17.3 Å². The Hall–Kier alpha value is -2.27. The lowest BCUT2D eigenvalue weighted by atomic mass is 9.95. The number of carbonyl (C=O) groups is 1. The van der Waals surface area contributed by atoms with E-state index < -0.39 is 11.6 Å². The van der Waals surface area contributed by atoms with Crippen LogP contribution < -0.4 is 4.74 Å². The summed E-state index contributed by atoms with van der Waals surface area (Å²) in [6, 6.07) is 9.45. The van der Waals surface area contributed by atoms with E-state index in [2.05, 4.69) is 4.98 Å². The maximum Gasteiger partial charge on any atom is 0.407 e. The molecule has 0 unspecified atom stereocenters. The van der Waals surface area contributed by atoms with E-state index in [1.807, 2.05) is 51.1 Å². The molecular formula is C21H25ClN2O3. The number of aromatic nitrogens is 1. The average molecular weight is 389 g/mol. The zero-order valence-corrected chi connectivity index (χ0v) is 16.7. The van der Waals surface area contributed by atoms with Crippen molar-refractivity contribution in [2.24, 2.45) is 5.41 Å². The minimum atomic E-state index is -0.890.